The van der Waals surface area contributed by atoms with Gasteiger partial charge in [-0.3, -0.25) is 13.9 Å². The molecule has 0 saturated heterocycles. The lowest BCUT2D eigenvalue weighted by molar-refractivity contribution is 0.146. The molecule has 0 amide bonds. The van der Waals surface area contributed by atoms with Gasteiger partial charge in [-0.2, -0.15) is 0 Å². The molecule has 0 aliphatic rings. The molecule has 0 spiro atoms. The molecular formula is C13H20N4O3. The second-order valence-electron chi connectivity index (χ2n) is 4.93. The summed E-state index contributed by atoms with van der Waals surface area (Å²) in [6, 6.07) is 0. The fourth-order valence-electron chi connectivity index (χ4n) is 2.23. The molecule has 1 N–H and O–H groups in total. The van der Waals surface area contributed by atoms with Crippen molar-refractivity contribution >= 4 is 11.2 Å². The molecule has 110 valence electrons. The fraction of sp³-hybridized carbons (Fsp3) is 0.615. The van der Waals surface area contributed by atoms with Gasteiger partial charge in [0.2, 0.25) is 0 Å². The van der Waals surface area contributed by atoms with Gasteiger partial charge in [-0.15, -0.1) is 0 Å². The number of aliphatic hydroxyl groups excluding tert-OH is 1. The molecule has 2 rings (SSSR count). The van der Waals surface area contributed by atoms with E-state index in [1.165, 1.54) is 4.57 Å². The molecule has 0 aromatic carbocycles. The molecule has 2 heterocycles. The van der Waals surface area contributed by atoms with Crippen LogP contribution in [0.3, 0.4) is 0 Å². The maximum Gasteiger partial charge on any atom is 0.332 e. The Hall–Kier alpha value is -1.89. The van der Waals surface area contributed by atoms with Crippen molar-refractivity contribution in [2.24, 2.45) is 7.05 Å². The van der Waals surface area contributed by atoms with Crippen LogP contribution in [0.15, 0.2) is 15.9 Å². The van der Waals surface area contributed by atoms with E-state index in [1.807, 2.05) is 6.92 Å². The van der Waals surface area contributed by atoms with Crippen LogP contribution in [0, 0.1) is 0 Å². The summed E-state index contributed by atoms with van der Waals surface area (Å²) >= 11 is 0. The van der Waals surface area contributed by atoms with Gasteiger partial charge in [-0.25, -0.2) is 9.78 Å². The number of hydrogen-bond donors (Lipinski definition) is 1. The predicted octanol–water partition coefficient (Wildman–Crippen LogP) is 0.0776. The summed E-state index contributed by atoms with van der Waals surface area (Å²) in [5, 5.41) is 9.72. The van der Waals surface area contributed by atoms with Gasteiger partial charge in [0.1, 0.15) is 0 Å². The average Bonchev–Trinajstić information content (AvgIpc) is 2.85. The van der Waals surface area contributed by atoms with Gasteiger partial charge >= 0.3 is 5.69 Å². The van der Waals surface area contributed by atoms with Crippen molar-refractivity contribution in [3.63, 3.8) is 0 Å². The molecule has 0 radical (unpaired) electrons. The van der Waals surface area contributed by atoms with Crippen molar-refractivity contribution in [3.8, 4) is 0 Å². The van der Waals surface area contributed by atoms with Crippen LogP contribution in [-0.2, 0) is 20.1 Å². The van der Waals surface area contributed by atoms with E-state index < -0.39 is 11.8 Å². The number of nitrogens with zero attached hydrogens (tertiary/aromatic N) is 4. The first-order chi connectivity index (χ1) is 9.51. The summed E-state index contributed by atoms with van der Waals surface area (Å²) in [6.45, 7) is 4.49. The number of aliphatic hydroxyl groups is 1. The quantitative estimate of drug-likeness (QED) is 0.840. The van der Waals surface area contributed by atoms with Gasteiger partial charge in [0, 0.05) is 13.6 Å². The summed E-state index contributed by atoms with van der Waals surface area (Å²) in [5.41, 5.74) is -0.0359. The van der Waals surface area contributed by atoms with Crippen LogP contribution in [0.5, 0.6) is 0 Å². The standard InChI is InChI=1S/C13H20N4O3/c1-4-6-16-8-14-11-10(16)12(19)17(7-9(18)5-2)13(20)15(11)3/h8-9,18H,4-7H2,1-3H3. The number of fused-ring (bicyclic) bond motifs is 1. The maximum absolute atomic E-state index is 12.5. The van der Waals surface area contributed by atoms with E-state index in [0.717, 1.165) is 11.0 Å². The largest absolute Gasteiger partial charge is 0.391 e. The minimum Gasteiger partial charge on any atom is -0.391 e. The monoisotopic (exact) mass is 280 g/mol. The Morgan fingerprint density at radius 1 is 1.35 bits per heavy atom. The van der Waals surface area contributed by atoms with Crippen LogP contribution >= 0.6 is 0 Å². The Labute approximate surface area is 116 Å². The van der Waals surface area contributed by atoms with Crippen molar-refractivity contribution in [2.75, 3.05) is 0 Å². The zero-order chi connectivity index (χ0) is 14.9. The van der Waals surface area contributed by atoms with Crippen molar-refractivity contribution < 1.29 is 5.11 Å². The van der Waals surface area contributed by atoms with Crippen LogP contribution in [-0.4, -0.2) is 29.9 Å². The van der Waals surface area contributed by atoms with E-state index in [4.69, 9.17) is 0 Å². The van der Waals surface area contributed by atoms with E-state index >= 15 is 0 Å². The summed E-state index contributed by atoms with van der Waals surface area (Å²) < 4.78 is 4.20. The molecule has 7 nitrogen and oxygen atoms in total. The Morgan fingerprint density at radius 3 is 2.65 bits per heavy atom. The molecule has 2 aromatic heterocycles. The Bertz CT molecular complexity index is 726. The summed E-state index contributed by atoms with van der Waals surface area (Å²) in [5.74, 6) is 0. The smallest absolute Gasteiger partial charge is 0.332 e. The first-order valence-electron chi connectivity index (χ1n) is 6.83. The highest BCUT2D eigenvalue weighted by molar-refractivity contribution is 5.69. The van der Waals surface area contributed by atoms with Crippen molar-refractivity contribution in [3.05, 3.63) is 27.2 Å². The lowest BCUT2D eigenvalue weighted by Crippen LogP contribution is -2.42. The minimum atomic E-state index is -0.708. The molecule has 0 fully saturated rings. The van der Waals surface area contributed by atoms with E-state index in [-0.39, 0.29) is 12.1 Å². The predicted molar refractivity (Wildman–Crippen MR) is 75.8 cm³/mol. The molecule has 2 aromatic rings. The first-order valence-corrected chi connectivity index (χ1v) is 6.83. The summed E-state index contributed by atoms with van der Waals surface area (Å²) in [4.78, 5) is 28.8. The second kappa shape index (κ2) is 5.62. The Morgan fingerprint density at radius 2 is 2.05 bits per heavy atom. The van der Waals surface area contributed by atoms with Crippen LogP contribution in [0.25, 0.3) is 11.2 Å². The number of hydrogen-bond acceptors (Lipinski definition) is 4. The number of aryl methyl sites for hydroxylation is 2. The van der Waals surface area contributed by atoms with Crippen LogP contribution < -0.4 is 11.2 Å². The van der Waals surface area contributed by atoms with Crippen LogP contribution in [0.1, 0.15) is 26.7 Å². The maximum atomic E-state index is 12.5. The third kappa shape index (κ3) is 2.29. The zero-order valence-electron chi connectivity index (χ0n) is 12.0. The van der Waals surface area contributed by atoms with Crippen LogP contribution in [0.4, 0.5) is 0 Å². The topological polar surface area (TPSA) is 82.1 Å². The number of rotatable bonds is 5. The van der Waals surface area contributed by atoms with Crippen molar-refractivity contribution in [1.29, 1.82) is 0 Å². The van der Waals surface area contributed by atoms with Crippen LogP contribution in [0.2, 0.25) is 0 Å². The van der Waals surface area contributed by atoms with Gasteiger partial charge in [0.15, 0.2) is 11.2 Å². The van der Waals surface area contributed by atoms with E-state index in [2.05, 4.69) is 4.98 Å². The molecule has 0 aliphatic heterocycles. The van der Waals surface area contributed by atoms with Crippen molar-refractivity contribution in [2.45, 2.75) is 45.9 Å². The lowest BCUT2D eigenvalue weighted by atomic mass is 10.3. The van der Waals surface area contributed by atoms with E-state index in [9.17, 15) is 14.7 Å². The third-order valence-electron chi connectivity index (χ3n) is 3.43. The highest BCUT2D eigenvalue weighted by atomic mass is 16.3. The van der Waals surface area contributed by atoms with Gasteiger partial charge in [-0.1, -0.05) is 13.8 Å². The Balaban J connectivity index is 2.72. The highest BCUT2D eigenvalue weighted by Crippen LogP contribution is 2.06. The normalized spacial score (nSPS) is 13.0. The number of imidazole rings is 1. The highest BCUT2D eigenvalue weighted by Gasteiger charge is 2.17. The van der Waals surface area contributed by atoms with E-state index in [1.54, 1.807) is 24.9 Å². The van der Waals surface area contributed by atoms with E-state index in [0.29, 0.717) is 24.1 Å². The molecule has 0 aliphatic carbocycles. The van der Waals surface area contributed by atoms with Crippen molar-refractivity contribution in [1.82, 2.24) is 18.7 Å². The zero-order valence-corrected chi connectivity index (χ0v) is 12.0. The molecule has 1 atom stereocenters. The third-order valence-corrected chi connectivity index (χ3v) is 3.43. The van der Waals surface area contributed by atoms with Gasteiger partial charge in [0.05, 0.1) is 19.0 Å². The molecule has 20 heavy (non-hydrogen) atoms. The SMILES string of the molecule is CCCn1cnc2c1c(=O)n(CC(O)CC)c(=O)n2C. The summed E-state index contributed by atoms with van der Waals surface area (Å²) in [7, 11) is 1.59. The minimum absolute atomic E-state index is 0.00918. The fourth-order valence-corrected chi connectivity index (χ4v) is 2.23. The van der Waals surface area contributed by atoms with Gasteiger partial charge in [-0.05, 0) is 12.8 Å². The summed E-state index contributed by atoms with van der Waals surface area (Å²) in [6.07, 6.45) is 2.23. The lowest BCUT2D eigenvalue weighted by Gasteiger charge is -2.12. The molecular weight excluding hydrogens is 260 g/mol. The first kappa shape index (κ1) is 14.5. The Kier molecular flexibility index (Phi) is 4.08. The number of aromatic nitrogens is 4. The molecule has 0 bridgehead atoms. The second-order valence-corrected chi connectivity index (χ2v) is 4.93. The van der Waals surface area contributed by atoms with Gasteiger partial charge in [0.25, 0.3) is 5.56 Å². The molecule has 1 unspecified atom stereocenters. The van der Waals surface area contributed by atoms with Gasteiger partial charge < -0.3 is 9.67 Å². The average molecular weight is 280 g/mol. The molecule has 7 heteroatoms. The molecule has 0 saturated carbocycles.